The van der Waals surface area contributed by atoms with Gasteiger partial charge >= 0.3 is 0 Å². The fourth-order valence-corrected chi connectivity index (χ4v) is 3.39. The molecule has 0 aliphatic carbocycles. The lowest BCUT2D eigenvalue weighted by Gasteiger charge is -2.21. The van der Waals surface area contributed by atoms with Gasteiger partial charge in [-0.1, -0.05) is 26.8 Å². The van der Waals surface area contributed by atoms with E-state index in [0.717, 1.165) is 17.9 Å². The summed E-state index contributed by atoms with van der Waals surface area (Å²) in [5.74, 6) is 1.30. The highest BCUT2D eigenvalue weighted by atomic mass is 35.5. The normalized spacial score (nSPS) is 13.0. The van der Waals surface area contributed by atoms with Crippen LogP contribution in [0.15, 0.2) is 23.1 Å². The Morgan fingerprint density at radius 2 is 1.95 bits per heavy atom. The third kappa shape index (κ3) is 3.58. The Kier molecular flexibility index (Phi) is 4.36. The predicted octanol–water partition coefficient (Wildman–Crippen LogP) is 3.27. The minimum Gasteiger partial charge on any atom is -0.327 e. The first-order valence-electron chi connectivity index (χ1n) is 6.87. The van der Waals surface area contributed by atoms with Gasteiger partial charge in [0.25, 0.3) is 0 Å². The molecule has 0 spiro atoms. The second kappa shape index (κ2) is 5.61. The number of rotatable bonds is 4. The second-order valence-corrected chi connectivity index (χ2v) is 8.87. The molecule has 1 aromatic carbocycles. The third-order valence-electron chi connectivity index (χ3n) is 3.17. The molecule has 0 amide bonds. The Morgan fingerprint density at radius 1 is 1.29 bits per heavy atom. The number of hydrogen-bond donors (Lipinski definition) is 0. The maximum absolute atomic E-state index is 11.9. The zero-order valence-electron chi connectivity index (χ0n) is 12.9. The molecule has 21 heavy (non-hydrogen) atoms. The van der Waals surface area contributed by atoms with E-state index in [1.165, 1.54) is 6.26 Å². The average molecular weight is 329 g/mol. The van der Waals surface area contributed by atoms with E-state index in [2.05, 4.69) is 30.3 Å². The van der Waals surface area contributed by atoms with E-state index in [-0.39, 0.29) is 10.3 Å². The Bertz CT molecular complexity index is 758. The molecule has 0 saturated carbocycles. The topological polar surface area (TPSA) is 52.0 Å². The van der Waals surface area contributed by atoms with Gasteiger partial charge in [-0.15, -0.1) is 11.6 Å². The first kappa shape index (κ1) is 16.3. The summed E-state index contributed by atoms with van der Waals surface area (Å²) in [6.07, 6.45) is 1.83. The van der Waals surface area contributed by atoms with E-state index in [0.29, 0.717) is 17.8 Å². The summed E-state index contributed by atoms with van der Waals surface area (Å²) in [6, 6.07) is 5.29. The quantitative estimate of drug-likeness (QED) is 0.809. The number of aryl methyl sites for hydroxylation is 1. The van der Waals surface area contributed by atoms with Crippen LogP contribution in [0, 0.1) is 5.41 Å². The van der Waals surface area contributed by atoms with Crippen LogP contribution in [0.1, 0.15) is 26.6 Å². The minimum atomic E-state index is -3.30. The largest absolute Gasteiger partial charge is 0.327 e. The molecule has 0 unspecified atom stereocenters. The van der Waals surface area contributed by atoms with Crippen molar-refractivity contribution in [3.63, 3.8) is 0 Å². The molecule has 0 N–H and O–H groups in total. The molecule has 0 aliphatic heterocycles. The molecule has 0 atom stereocenters. The summed E-state index contributed by atoms with van der Waals surface area (Å²) in [6.45, 7) is 7.19. The number of sulfone groups is 1. The summed E-state index contributed by atoms with van der Waals surface area (Å²) in [4.78, 5) is 4.83. The summed E-state index contributed by atoms with van der Waals surface area (Å²) < 4.78 is 26.0. The van der Waals surface area contributed by atoms with Crippen LogP contribution in [-0.4, -0.2) is 30.1 Å². The molecule has 0 aliphatic rings. The van der Waals surface area contributed by atoms with Gasteiger partial charge in [0.15, 0.2) is 9.84 Å². The molecule has 1 heterocycles. The third-order valence-corrected chi connectivity index (χ3v) is 4.49. The molecule has 2 rings (SSSR count). The van der Waals surface area contributed by atoms with Crippen LogP contribution in [0.25, 0.3) is 11.0 Å². The number of nitrogens with zero attached hydrogens (tertiary/aromatic N) is 2. The van der Waals surface area contributed by atoms with Gasteiger partial charge in [-0.3, -0.25) is 0 Å². The first-order chi connectivity index (χ1) is 9.63. The van der Waals surface area contributed by atoms with Crippen LogP contribution in [-0.2, 0) is 22.8 Å². The maximum atomic E-state index is 11.9. The van der Waals surface area contributed by atoms with Gasteiger partial charge in [0, 0.05) is 25.1 Å². The molecule has 116 valence electrons. The molecule has 1 aromatic heterocycles. The van der Waals surface area contributed by atoms with E-state index in [4.69, 9.17) is 11.6 Å². The smallest absolute Gasteiger partial charge is 0.177 e. The van der Waals surface area contributed by atoms with Crippen LogP contribution in [0.3, 0.4) is 0 Å². The van der Waals surface area contributed by atoms with Crippen molar-refractivity contribution in [2.45, 2.75) is 38.6 Å². The SMILES string of the molecule is CC(C)(C)Cn1c(CCCl)nc2c(S(C)(=O)=O)cccc21. The van der Waals surface area contributed by atoms with Gasteiger partial charge in [0.05, 0.1) is 10.4 Å². The van der Waals surface area contributed by atoms with E-state index < -0.39 is 9.84 Å². The molecule has 4 nitrogen and oxygen atoms in total. The first-order valence-corrected chi connectivity index (χ1v) is 9.30. The Morgan fingerprint density at radius 3 is 2.48 bits per heavy atom. The summed E-state index contributed by atoms with van der Waals surface area (Å²) in [5.41, 5.74) is 1.47. The highest BCUT2D eigenvalue weighted by Crippen LogP contribution is 2.27. The number of alkyl halides is 1. The van der Waals surface area contributed by atoms with Gasteiger partial charge in [0.1, 0.15) is 11.3 Å². The van der Waals surface area contributed by atoms with Crippen LogP contribution < -0.4 is 0 Å². The lowest BCUT2D eigenvalue weighted by atomic mass is 9.96. The zero-order chi connectivity index (χ0) is 15.8. The second-order valence-electron chi connectivity index (χ2n) is 6.51. The number of fused-ring (bicyclic) bond motifs is 1. The van der Waals surface area contributed by atoms with Gasteiger partial charge < -0.3 is 4.57 Å². The Balaban J connectivity index is 2.74. The number of hydrogen-bond acceptors (Lipinski definition) is 3. The van der Waals surface area contributed by atoms with Crippen molar-refractivity contribution in [3.05, 3.63) is 24.0 Å². The molecular formula is C15H21ClN2O2S. The summed E-state index contributed by atoms with van der Waals surface area (Å²) in [7, 11) is -3.30. The van der Waals surface area contributed by atoms with Crippen LogP contribution in [0.2, 0.25) is 0 Å². The maximum Gasteiger partial charge on any atom is 0.177 e. The van der Waals surface area contributed by atoms with Crippen molar-refractivity contribution in [2.24, 2.45) is 5.41 Å². The van der Waals surface area contributed by atoms with Crippen LogP contribution in [0.4, 0.5) is 0 Å². The van der Waals surface area contributed by atoms with Crippen molar-refractivity contribution in [3.8, 4) is 0 Å². The molecular weight excluding hydrogens is 308 g/mol. The number of benzene rings is 1. The molecule has 0 bridgehead atoms. The van der Waals surface area contributed by atoms with E-state index in [1.807, 2.05) is 6.07 Å². The zero-order valence-corrected chi connectivity index (χ0v) is 14.4. The Hall–Kier alpha value is -1.07. The fourth-order valence-electron chi connectivity index (χ4n) is 2.39. The van der Waals surface area contributed by atoms with Crippen molar-refractivity contribution in [1.82, 2.24) is 9.55 Å². The highest BCUT2D eigenvalue weighted by Gasteiger charge is 2.21. The molecule has 2 aromatic rings. The number of imidazole rings is 1. The molecule has 0 fully saturated rings. The monoisotopic (exact) mass is 328 g/mol. The van der Waals surface area contributed by atoms with Gasteiger partial charge in [0.2, 0.25) is 0 Å². The predicted molar refractivity (Wildman–Crippen MR) is 86.7 cm³/mol. The minimum absolute atomic E-state index is 0.0653. The van der Waals surface area contributed by atoms with Crippen LogP contribution in [0.5, 0.6) is 0 Å². The summed E-state index contributed by atoms with van der Waals surface area (Å²) in [5, 5.41) is 0. The lowest BCUT2D eigenvalue weighted by Crippen LogP contribution is -2.17. The molecule has 6 heteroatoms. The van der Waals surface area contributed by atoms with E-state index >= 15 is 0 Å². The van der Waals surface area contributed by atoms with E-state index in [1.54, 1.807) is 12.1 Å². The number of para-hydroxylation sites is 1. The Labute approximate surface area is 131 Å². The van der Waals surface area contributed by atoms with E-state index in [9.17, 15) is 8.42 Å². The van der Waals surface area contributed by atoms with Gasteiger partial charge in [-0.25, -0.2) is 13.4 Å². The van der Waals surface area contributed by atoms with Crippen molar-refractivity contribution >= 4 is 32.5 Å². The van der Waals surface area contributed by atoms with Gasteiger partial charge in [-0.05, 0) is 17.5 Å². The standard InChI is InChI=1S/C15H21ClN2O2S/c1-15(2,3)10-18-11-6-5-7-12(21(4,19)20)14(11)17-13(18)8-9-16/h5-7H,8-10H2,1-4H3. The number of aromatic nitrogens is 2. The number of halogens is 1. The van der Waals surface area contributed by atoms with Crippen molar-refractivity contribution < 1.29 is 8.42 Å². The lowest BCUT2D eigenvalue weighted by molar-refractivity contribution is 0.343. The molecule has 0 saturated heterocycles. The van der Waals surface area contributed by atoms with Crippen LogP contribution >= 0.6 is 11.6 Å². The fraction of sp³-hybridized carbons (Fsp3) is 0.533. The van der Waals surface area contributed by atoms with Crippen molar-refractivity contribution in [1.29, 1.82) is 0 Å². The van der Waals surface area contributed by atoms with Gasteiger partial charge in [-0.2, -0.15) is 0 Å². The highest BCUT2D eigenvalue weighted by molar-refractivity contribution is 7.91. The molecule has 0 radical (unpaired) electrons. The average Bonchev–Trinajstić information content (AvgIpc) is 2.65. The summed E-state index contributed by atoms with van der Waals surface area (Å²) >= 11 is 5.86. The van der Waals surface area contributed by atoms with Crippen molar-refractivity contribution in [2.75, 3.05) is 12.1 Å².